The average molecular weight is 148 g/mol. The summed E-state index contributed by atoms with van der Waals surface area (Å²) in [4.78, 5) is 10.3. The molecule has 0 rings (SSSR count). The van der Waals surface area contributed by atoms with Crippen molar-refractivity contribution in [2.45, 2.75) is 32.0 Å². The van der Waals surface area contributed by atoms with Crippen LogP contribution in [0.1, 0.15) is 20.3 Å². The predicted molar refractivity (Wildman–Crippen MR) is 34.6 cm³/mol. The Morgan fingerprint density at radius 1 is 1.70 bits per heavy atom. The number of rotatable bonds is 3. The average Bonchev–Trinajstić information content (AvgIpc) is 1.85. The molecule has 60 valence electrons. The van der Waals surface area contributed by atoms with Crippen molar-refractivity contribution < 1.29 is 20.1 Å². The Balaban J connectivity index is 4.38. The van der Waals surface area contributed by atoms with E-state index < -0.39 is 17.7 Å². The third-order valence-electron chi connectivity index (χ3n) is 1.60. The van der Waals surface area contributed by atoms with Gasteiger partial charge in [-0.25, -0.2) is 4.79 Å². The van der Waals surface area contributed by atoms with Gasteiger partial charge in [-0.2, -0.15) is 0 Å². The van der Waals surface area contributed by atoms with Crippen molar-refractivity contribution in [2.75, 3.05) is 0 Å². The zero-order chi connectivity index (χ0) is 8.36. The van der Waals surface area contributed by atoms with Crippen molar-refractivity contribution >= 4 is 5.97 Å². The zero-order valence-corrected chi connectivity index (χ0v) is 6.03. The second kappa shape index (κ2) is 2.98. The van der Waals surface area contributed by atoms with Crippen LogP contribution < -0.4 is 0 Å². The van der Waals surface area contributed by atoms with Crippen LogP contribution in [0.15, 0.2) is 0 Å². The largest absolute Gasteiger partial charge is 0.479 e. The normalized spacial score (nSPS) is 19.6. The summed E-state index contributed by atoms with van der Waals surface area (Å²) >= 11 is 0. The van der Waals surface area contributed by atoms with Crippen LogP contribution in [0.2, 0.25) is 0 Å². The van der Waals surface area contributed by atoms with E-state index in [0.717, 1.165) is 0 Å². The van der Waals surface area contributed by atoms with Crippen LogP contribution >= 0.6 is 0 Å². The molecule has 0 fully saturated rings. The van der Waals surface area contributed by atoms with E-state index in [2.05, 4.69) is 0 Å². The fourth-order valence-corrected chi connectivity index (χ4v) is 0.625. The van der Waals surface area contributed by atoms with E-state index in [0.29, 0.717) is 0 Å². The summed E-state index contributed by atoms with van der Waals surface area (Å²) in [7, 11) is 0. The van der Waals surface area contributed by atoms with Crippen molar-refractivity contribution in [3.05, 3.63) is 0 Å². The molecule has 0 aliphatic carbocycles. The van der Waals surface area contributed by atoms with Gasteiger partial charge in [0, 0.05) is 0 Å². The second-order valence-electron chi connectivity index (χ2n) is 2.26. The lowest BCUT2D eigenvalue weighted by Gasteiger charge is -2.24. The Kier molecular flexibility index (Phi) is 2.80. The standard InChI is InChI=1S/C6H12O4/c1-3-6(10,4(2)7)5(8)9/h4,7,10H,3H2,1-2H3,(H,8,9)/t4-,6+/m1/s1. The topological polar surface area (TPSA) is 77.8 Å². The van der Waals surface area contributed by atoms with Gasteiger partial charge in [-0.15, -0.1) is 0 Å². The lowest BCUT2D eigenvalue weighted by molar-refractivity contribution is -0.170. The van der Waals surface area contributed by atoms with E-state index in [4.69, 9.17) is 15.3 Å². The fraction of sp³-hybridized carbons (Fsp3) is 0.833. The molecule has 10 heavy (non-hydrogen) atoms. The van der Waals surface area contributed by atoms with E-state index in [1.54, 1.807) is 0 Å². The maximum Gasteiger partial charge on any atom is 0.338 e. The molecule has 0 radical (unpaired) electrons. The minimum absolute atomic E-state index is 0. The first-order valence-corrected chi connectivity index (χ1v) is 3.09. The molecule has 3 N–H and O–H groups in total. The summed E-state index contributed by atoms with van der Waals surface area (Å²) in [5.74, 6) is -1.38. The first-order valence-electron chi connectivity index (χ1n) is 3.09. The second-order valence-corrected chi connectivity index (χ2v) is 2.26. The maximum absolute atomic E-state index is 10.3. The summed E-state index contributed by atoms with van der Waals surface area (Å²) < 4.78 is 0. The molecule has 0 bridgehead atoms. The minimum Gasteiger partial charge on any atom is -0.479 e. The molecule has 0 saturated carbocycles. The van der Waals surface area contributed by atoms with Crippen molar-refractivity contribution in [2.24, 2.45) is 0 Å². The van der Waals surface area contributed by atoms with Crippen LogP contribution in [0.5, 0.6) is 0 Å². The quantitative estimate of drug-likeness (QED) is 0.508. The van der Waals surface area contributed by atoms with Gasteiger partial charge in [0.1, 0.15) is 0 Å². The Hall–Kier alpha value is -0.610. The predicted octanol–water partition coefficient (Wildman–Crippen LogP) is -0.407. The molecule has 0 spiro atoms. The van der Waals surface area contributed by atoms with Crippen LogP contribution in [-0.2, 0) is 4.79 Å². The minimum atomic E-state index is -1.99. The van der Waals surface area contributed by atoms with Gasteiger partial charge in [-0.05, 0) is 13.3 Å². The van der Waals surface area contributed by atoms with Crippen LogP contribution in [0.25, 0.3) is 0 Å². The molecular weight excluding hydrogens is 136 g/mol. The number of carboxylic acid groups (broad SMARTS) is 1. The molecular formula is C6H12O4. The highest BCUT2D eigenvalue weighted by molar-refractivity contribution is 5.77. The molecule has 4 nitrogen and oxygen atoms in total. The highest BCUT2D eigenvalue weighted by Gasteiger charge is 2.38. The molecule has 0 aromatic rings. The van der Waals surface area contributed by atoms with E-state index >= 15 is 0 Å². The van der Waals surface area contributed by atoms with Crippen molar-refractivity contribution in [1.29, 1.82) is 0 Å². The van der Waals surface area contributed by atoms with Crippen LogP contribution in [0.4, 0.5) is 0 Å². The smallest absolute Gasteiger partial charge is 0.338 e. The molecule has 0 amide bonds. The Bertz CT molecular complexity index is 132. The number of carboxylic acids is 1. The van der Waals surface area contributed by atoms with Gasteiger partial charge in [0.15, 0.2) is 5.60 Å². The molecule has 0 unspecified atom stereocenters. The first-order chi connectivity index (χ1) is 4.45. The van der Waals surface area contributed by atoms with Gasteiger partial charge < -0.3 is 15.3 Å². The summed E-state index contributed by atoms with van der Waals surface area (Å²) in [6, 6.07) is 0. The van der Waals surface area contributed by atoms with E-state index in [1.165, 1.54) is 13.8 Å². The number of carbonyl (C=O) groups is 1. The Labute approximate surface area is 59.1 Å². The van der Waals surface area contributed by atoms with E-state index in [9.17, 15) is 4.79 Å². The number of aliphatic hydroxyl groups excluding tert-OH is 1. The van der Waals surface area contributed by atoms with Gasteiger partial charge >= 0.3 is 5.97 Å². The molecule has 4 heteroatoms. The lowest BCUT2D eigenvalue weighted by atomic mass is 9.95. The van der Waals surface area contributed by atoms with Crippen LogP contribution in [0, 0.1) is 0 Å². The Morgan fingerprint density at radius 2 is 2.10 bits per heavy atom. The molecule has 0 aliphatic rings. The van der Waals surface area contributed by atoms with Crippen LogP contribution in [0.3, 0.4) is 0 Å². The molecule has 0 heterocycles. The number of hydrogen-bond acceptors (Lipinski definition) is 3. The van der Waals surface area contributed by atoms with Crippen molar-refractivity contribution in [3.8, 4) is 0 Å². The van der Waals surface area contributed by atoms with E-state index in [1.807, 2.05) is 0 Å². The molecule has 0 aromatic heterocycles. The SMILES string of the molecule is CC[C@@](O)(C(=O)O)[C@@H](C)O. The lowest BCUT2D eigenvalue weighted by Crippen LogP contribution is -2.47. The summed E-state index contributed by atoms with van der Waals surface area (Å²) in [5, 5.41) is 26.3. The van der Waals surface area contributed by atoms with Crippen molar-refractivity contribution in [3.63, 3.8) is 0 Å². The number of aliphatic hydroxyl groups is 2. The number of hydrogen-bond donors (Lipinski definition) is 3. The monoisotopic (exact) mass is 148 g/mol. The highest BCUT2D eigenvalue weighted by Crippen LogP contribution is 2.14. The van der Waals surface area contributed by atoms with Gasteiger partial charge in [0.25, 0.3) is 0 Å². The summed E-state index contributed by atoms with van der Waals surface area (Å²) in [6.45, 7) is 2.75. The van der Waals surface area contributed by atoms with Gasteiger partial charge in [-0.3, -0.25) is 0 Å². The number of aliphatic carboxylic acids is 1. The van der Waals surface area contributed by atoms with E-state index in [-0.39, 0.29) is 6.42 Å². The molecule has 0 aromatic carbocycles. The third kappa shape index (κ3) is 1.46. The van der Waals surface area contributed by atoms with Crippen molar-refractivity contribution in [1.82, 2.24) is 0 Å². The highest BCUT2D eigenvalue weighted by atomic mass is 16.4. The van der Waals surface area contributed by atoms with Gasteiger partial charge in [0.2, 0.25) is 0 Å². The van der Waals surface area contributed by atoms with Gasteiger partial charge in [0.05, 0.1) is 6.10 Å². The van der Waals surface area contributed by atoms with Crippen LogP contribution in [-0.4, -0.2) is 33.0 Å². The first kappa shape index (κ1) is 9.39. The fourth-order valence-electron chi connectivity index (χ4n) is 0.625. The molecule has 2 atom stereocenters. The van der Waals surface area contributed by atoms with Gasteiger partial charge in [-0.1, -0.05) is 6.92 Å². The maximum atomic E-state index is 10.3. The summed E-state index contributed by atoms with van der Waals surface area (Å²) in [5.41, 5.74) is -1.99. The summed E-state index contributed by atoms with van der Waals surface area (Å²) in [6.07, 6.45) is -1.24. The molecule has 0 saturated heterocycles. The molecule has 0 aliphatic heterocycles. The Morgan fingerprint density at radius 3 is 2.10 bits per heavy atom. The zero-order valence-electron chi connectivity index (χ0n) is 6.03. The third-order valence-corrected chi connectivity index (χ3v) is 1.60.